The molecule has 0 spiro atoms. The summed E-state index contributed by atoms with van der Waals surface area (Å²) in [6.07, 6.45) is 6.07. The van der Waals surface area contributed by atoms with Gasteiger partial charge in [0.2, 0.25) is 5.91 Å². The van der Waals surface area contributed by atoms with Gasteiger partial charge in [0, 0.05) is 12.5 Å². The Hall–Kier alpha value is -1.06. The van der Waals surface area contributed by atoms with Crippen molar-refractivity contribution in [1.82, 2.24) is 10.6 Å². The topological polar surface area (TPSA) is 58.2 Å². The van der Waals surface area contributed by atoms with Crippen LogP contribution in [0.25, 0.3) is 0 Å². The van der Waals surface area contributed by atoms with Crippen molar-refractivity contribution in [3.63, 3.8) is 0 Å². The van der Waals surface area contributed by atoms with Gasteiger partial charge in [0.25, 0.3) is 0 Å². The fourth-order valence-corrected chi connectivity index (χ4v) is 2.02. The summed E-state index contributed by atoms with van der Waals surface area (Å²) in [4.78, 5) is 22.8. The van der Waals surface area contributed by atoms with Crippen molar-refractivity contribution in [3.05, 3.63) is 0 Å². The monoisotopic (exact) mass is 226 g/mol. The summed E-state index contributed by atoms with van der Waals surface area (Å²) in [7, 11) is 0. The Balaban J connectivity index is 2.21. The second kappa shape index (κ2) is 6.51. The van der Waals surface area contributed by atoms with Crippen molar-refractivity contribution in [2.24, 2.45) is 5.92 Å². The van der Waals surface area contributed by atoms with Crippen LogP contribution >= 0.6 is 0 Å². The molecule has 0 heterocycles. The molecule has 0 radical (unpaired) electrons. The number of hydrogen-bond acceptors (Lipinski definition) is 2. The van der Waals surface area contributed by atoms with E-state index in [1.165, 1.54) is 19.3 Å². The molecule has 92 valence electrons. The summed E-state index contributed by atoms with van der Waals surface area (Å²) in [6.45, 7) is 3.91. The number of urea groups is 1. The van der Waals surface area contributed by atoms with E-state index in [4.69, 9.17) is 0 Å². The maximum Gasteiger partial charge on any atom is 0.321 e. The molecule has 0 bridgehead atoms. The highest BCUT2D eigenvalue weighted by atomic mass is 16.2. The van der Waals surface area contributed by atoms with Crippen molar-refractivity contribution >= 4 is 11.9 Å². The fourth-order valence-electron chi connectivity index (χ4n) is 2.02. The second-order valence-electron chi connectivity index (χ2n) is 4.95. The molecule has 0 saturated heterocycles. The molecule has 1 saturated carbocycles. The Labute approximate surface area is 97.2 Å². The van der Waals surface area contributed by atoms with E-state index in [2.05, 4.69) is 10.6 Å². The highest BCUT2D eigenvalue weighted by Crippen LogP contribution is 2.17. The standard InChI is InChI=1S/C12H22N2O2/c1-9(2)8-11(15)14-12(16)13-10-6-4-3-5-7-10/h9-10H,3-8H2,1-2H3,(H2,13,14,15,16). The SMILES string of the molecule is CC(C)CC(=O)NC(=O)NC1CCCCC1. The highest BCUT2D eigenvalue weighted by Gasteiger charge is 2.16. The first-order valence-corrected chi connectivity index (χ1v) is 6.18. The zero-order chi connectivity index (χ0) is 12.0. The molecule has 1 aliphatic rings. The van der Waals surface area contributed by atoms with Gasteiger partial charge in [-0.15, -0.1) is 0 Å². The minimum absolute atomic E-state index is 0.191. The zero-order valence-electron chi connectivity index (χ0n) is 10.2. The molecule has 0 aromatic carbocycles. The van der Waals surface area contributed by atoms with Gasteiger partial charge in [-0.1, -0.05) is 33.1 Å². The molecule has 1 aliphatic carbocycles. The summed E-state index contributed by atoms with van der Waals surface area (Å²) in [5, 5.41) is 5.22. The molecule has 1 rings (SSSR count). The third kappa shape index (κ3) is 5.14. The summed E-state index contributed by atoms with van der Waals surface area (Å²) in [5.41, 5.74) is 0. The molecular weight excluding hydrogens is 204 g/mol. The molecule has 4 heteroatoms. The van der Waals surface area contributed by atoms with Gasteiger partial charge in [0.05, 0.1) is 0 Å². The molecule has 1 fully saturated rings. The lowest BCUT2D eigenvalue weighted by Gasteiger charge is -2.22. The van der Waals surface area contributed by atoms with E-state index in [0.29, 0.717) is 6.42 Å². The fraction of sp³-hybridized carbons (Fsp3) is 0.833. The maximum absolute atomic E-state index is 11.5. The van der Waals surface area contributed by atoms with Gasteiger partial charge in [-0.2, -0.15) is 0 Å². The van der Waals surface area contributed by atoms with Crippen molar-refractivity contribution in [3.8, 4) is 0 Å². The normalized spacial score (nSPS) is 17.2. The number of amides is 3. The predicted octanol–water partition coefficient (Wildman–Crippen LogP) is 2.19. The predicted molar refractivity (Wildman–Crippen MR) is 63.0 cm³/mol. The van der Waals surface area contributed by atoms with E-state index in [1.807, 2.05) is 13.8 Å². The van der Waals surface area contributed by atoms with Crippen LogP contribution in [0.1, 0.15) is 52.4 Å². The number of carbonyl (C=O) groups excluding carboxylic acids is 2. The first-order chi connectivity index (χ1) is 7.58. The third-order valence-electron chi connectivity index (χ3n) is 2.79. The van der Waals surface area contributed by atoms with Crippen molar-refractivity contribution in [2.75, 3.05) is 0 Å². The zero-order valence-corrected chi connectivity index (χ0v) is 10.2. The molecule has 3 amide bonds. The number of imide groups is 1. The van der Waals surface area contributed by atoms with Crippen LogP contribution in [-0.4, -0.2) is 18.0 Å². The van der Waals surface area contributed by atoms with E-state index >= 15 is 0 Å². The maximum atomic E-state index is 11.5. The summed E-state index contributed by atoms with van der Waals surface area (Å²) in [5.74, 6) is 0.0887. The molecule has 0 atom stereocenters. The largest absolute Gasteiger partial charge is 0.335 e. The van der Waals surface area contributed by atoms with Crippen LogP contribution in [0.2, 0.25) is 0 Å². The lowest BCUT2D eigenvalue weighted by atomic mass is 9.96. The van der Waals surface area contributed by atoms with E-state index in [1.54, 1.807) is 0 Å². The Morgan fingerprint density at radius 1 is 1.19 bits per heavy atom. The Bertz CT molecular complexity index is 245. The van der Waals surface area contributed by atoms with Crippen LogP contribution in [0.5, 0.6) is 0 Å². The molecule has 2 N–H and O–H groups in total. The number of nitrogens with one attached hydrogen (secondary N) is 2. The number of hydrogen-bond donors (Lipinski definition) is 2. The lowest BCUT2D eigenvalue weighted by Crippen LogP contribution is -2.45. The summed E-state index contributed by atoms with van der Waals surface area (Å²) >= 11 is 0. The Morgan fingerprint density at radius 2 is 1.81 bits per heavy atom. The van der Waals surface area contributed by atoms with Gasteiger partial charge in [-0.3, -0.25) is 10.1 Å². The van der Waals surface area contributed by atoms with Crippen LogP contribution in [0.15, 0.2) is 0 Å². The third-order valence-corrected chi connectivity index (χ3v) is 2.79. The highest BCUT2D eigenvalue weighted by molar-refractivity contribution is 5.94. The number of rotatable bonds is 3. The average molecular weight is 226 g/mol. The molecule has 16 heavy (non-hydrogen) atoms. The van der Waals surface area contributed by atoms with Crippen molar-refractivity contribution in [2.45, 2.75) is 58.4 Å². The van der Waals surface area contributed by atoms with Crippen molar-refractivity contribution in [1.29, 1.82) is 0 Å². The van der Waals surface area contributed by atoms with Gasteiger partial charge in [0.1, 0.15) is 0 Å². The van der Waals surface area contributed by atoms with Gasteiger partial charge in [-0.25, -0.2) is 4.79 Å². The minimum Gasteiger partial charge on any atom is -0.335 e. The van der Waals surface area contributed by atoms with Gasteiger partial charge < -0.3 is 5.32 Å². The smallest absolute Gasteiger partial charge is 0.321 e. The van der Waals surface area contributed by atoms with Gasteiger partial charge >= 0.3 is 6.03 Å². The molecule has 0 unspecified atom stereocenters. The van der Waals surface area contributed by atoms with E-state index in [9.17, 15) is 9.59 Å². The Kier molecular flexibility index (Phi) is 5.29. The first-order valence-electron chi connectivity index (χ1n) is 6.18. The van der Waals surface area contributed by atoms with Crippen LogP contribution < -0.4 is 10.6 Å². The van der Waals surface area contributed by atoms with Crippen LogP contribution in [-0.2, 0) is 4.79 Å². The minimum atomic E-state index is -0.336. The second-order valence-corrected chi connectivity index (χ2v) is 4.95. The van der Waals surface area contributed by atoms with E-state index in [-0.39, 0.29) is 23.9 Å². The number of carbonyl (C=O) groups is 2. The van der Waals surface area contributed by atoms with Gasteiger partial charge in [-0.05, 0) is 18.8 Å². The molecule has 0 aliphatic heterocycles. The van der Waals surface area contributed by atoms with Crippen LogP contribution in [0.4, 0.5) is 4.79 Å². The van der Waals surface area contributed by atoms with E-state index in [0.717, 1.165) is 12.8 Å². The van der Waals surface area contributed by atoms with E-state index < -0.39 is 0 Å². The van der Waals surface area contributed by atoms with Crippen molar-refractivity contribution < 1.29 is 9.59 Å². The van der Waals surface area contributed by atoms with Crippen LogP contribution in [0.3, 0.4) is 0 Å². The summed E-state index contributed by atoms with van der Waals surface area (Å²) in [6, 6.07) is -0.0850. The Morgan fingerprint density at radius 3 is 2.38 bits per heavy atom. The quantitative estimate of drug-likeness (QED) is 0.775. The van der Waals surface area contributed by atoms with Crippen LogP contribution in [0, 0.1) is 5.92 Å². The molecular formula is C12H22N2O2. The average Bonchev–Trinajstić information content (AvgIpc) is 2.17. The lowest BCUT2D eigenvalue weighted by molar-refractivity contribution is -0.120. The molecule has 4 nitrogen and oxygen atoms in total. The summed E-state index contributed by atoms with van der Waals surface area (Å²) < 4.78 is 0. The van der Waals surface area contributed by atoms with Gasteiger partial charge in [0.15, 0.2) is 0 Å². The molecule has 0 aromatic rings. The molecule has 0 aromatic heterocycles. The first kappa shape index (κ1) is 13.0.